The summed E-state index contributed by atoms with van der Waals surface area (Å²) in [6.07, 6.45) is 0. The Morgan fingerprint density at radius 1 is 1.38 bits per heavy atom. The van der Waals surface area contributed by atoms with E-state index in [1.807, 2.05) is 36.6 Å². The molecule has 24 heavy (non-hydrogen) atoms. The lowest BCUT2D eigenvalue weighted by atomic mass is 10.2. The molecule has 0 aliphatic heterocycles. The van der Waals surface area contributed by atoms with Gasteiger partial charge in [0.2, 0.25) is 5.91 Å². The zero-order valence-electron chi connectivity index (χ0n) is 12.9. The van der Waals surface area contributed by atoms with Crippen LogP contribution in [0.2, 0.25) is 5.02 Å². The Bertz CT molecular complexity index is 830. The summed E-state index contributed by atoms with van der Waals surface area (Å²) in [4.78, 5) is 12.9. The van der Waals surface area contributed by atoms with Crippen LogP contribution in [-0.4, -0.2) is 17.7 Å². The molecule has 1 amide bonds. The van der Waals surface area contributed by atoms with E-state index in [4.69, 9.17) is 20.9 Å². The number of ether oxygens (including phenoxy) is 1. The molecule has 0 unspecified atom stereocenters. The number of nitrogens with one attached hydrogen (secondary N) is 1. The first-order chi connectivity index (χ1) is 11.6. The first kappa shape index (κ1) is 16.7. The highest BCUT2D eigenvalue weighted by atomic mass is 35.5. The lowest BCUT2D eigenvalue weighted by molar-refractivity contribution is -0.121. The van der Waals surface area contributed by atoms with E-state index in [9.17, 15) is 4.79 Å². The number of halogens is 1. The smallest absolute Gasteiger partial charge is 0.250 e. The van der Waals surface area contributed by atoms with Crippen LogP contribution in [0.15, 0.2) is 46.3 Å². The van der Waals surface area contributed by atoms with Gasteiger partial charge in [-0.05, 0) is 36.1 Å². The van der Waals surface area contributed by atoms with E-state index in [2.05, 4.69) is 10.5 Å². The number of hydrogen-bond acceptors (Lipinski definition) is 5. The molecule has 1 aromatic carbocycles. The van der Waals surface area contributed by atoms with E-state index in [0.717, 1.165) is 10.4 Å². The van der Waals surface area contributed by atoms with Gasteiger partial charge in [0.15, 0.2) is 5.76 Å². The largest absolute Gasteiger partial charge is 0.365 e. The van der Waals surface area contributed by atoms with E-state index < -0.39 is 0 Å². The highest BCUT2D eigenvalue weighted by Gasteiger charge is 2.09. The summed E-state index contributed by atoms with van der Waals surface area (Å²) in [5.41, 5.74) is 2.26. The summed E-state index contributed by atoms with van der Waals surface area (Å²) in [5, 5.41) is 9.25. The molecular formula is C17H15ClN2O3S. The van der Waals surface area contributed by atoms with Crippen LogP contribution in [0.3, 0.4) is 0 Å². The second-order valence-electron chi connectivity index (χ2n) is 5.16. The van der Waals surface area contributed by atoms with Crippen molar-refractivity contribution in [1.29, 1.82) is 0 Å². The van der Waals surface area contributed by atoms with Gasteiger partial charge in [-0.1, -0.05) is 28.9 Å². The first-order valence-corrected chi connectivity index (χ1v) is 8.51. The van der Waals surface area contributed by atoms with Gasteiger partial charge >= 0.3 is 0 Å². The highest BCUT2D eigenvalue weighted by molar-refractivity contribution is 7.13. The maximum Gasteiger partial charge on any atom is 0.250 e. The van der Waals surface area contributed by atoms with Gasteiger partial charge in [-0.2, -0.15) is 0 Å². The molecular weight excluding hydrogens is 348 g/mol. The second kappa shape index (κ2) is 7.61. The minimum Gasteiger partial charge on any atom is -0.365 e. The third-order valence-corrected chi connectivity index (χ3v) is 4.40. The summed E-state index contributed by atoms with van der Waals surface area (Å²) in [7, 11) is 0. The Morgan fingerprint density at radius 2 is 2.25 bits per heavy atom. The van der Waals surface area contributed by atoms with Crippen molar-refractivity contribution < 1.29 is 14.1 Å². The minimum absolute atomic E-state index is 0.0762. The number of anilines is 1. The predicted octanol–water partition coefficient (Wildman–Crippen LogP) is 4.52. The highest BCUT2D eigenvalue weighted by Crippen LogP contribution is 2.25. The van der Waals surface area contributed by atoms with Crippen LogP contribution in [-0.2, 0) is 16.1 Å². The monoisotopic (exact) mass is 362 g/mol. The van der Waals surface area contributed by atoms with Crippen molar-refractivity contribution in [3.05, 3.63) is 58.1 Å². The number of rotatable bonds is 6. The lowest BCUT2D eigenvalue weighted by Crippen LogP contribution is -2.18. The SMILES string of the molecule is Cc1ccc(Cl)cc1NC(=O)COCc1cc(-c2cccs2)on1. The second-order valence-corrected chi connectivity index (χ2v) is 6.54. The molecule has 0 aliphatic carbocycles. The summed E-state index contributed by atoms with van der Waals surface area (Å²) in [5.74, 6) is 0.449. The number of aromatic nitrogens is 1. The molecule has 0 fully saturated rings. The van der Waals surface area contributed by atoms with Gasteiger partial charge in [0, 0.05) is 16.8 Å². The van der Waals surface area contributed by atoms with Gasteiger partial charge in [-0.3, -0.25) is 4.79 Å². The number of nitrogens with zero attached hydrogens (tertiary/aromatic N) is 1. The molecule has 3 aromatic rings. The number of carbonyl (C=O) groups is 1. The van der Waals surface area contributed by atoms with Crippen molar-refractivity contribution in [2.75, 3.05) is 11.9 Å². The van der Waals surface area contributed by atoms with Gasteiger partial charge in [-0.25, -0.2) is 0 Å². The summed E-state index contributed by atoms with van der Waals surface area (Å²) in [6, 6.07) is 11.0. The van der Waals surface area contributed by atoms with E-state index >= 15 is 0 Å². The molecule has 0 aliphatic rings. The van der Waals surface area contributed by atoms with Crippen LogP contribution >= 0.6 is 22.9 Å². The van der Waals surface area contributed by atoms with Gasteiger partial charge in [0.25, 0.3) is 0 Å². The fourth-order valence-corrected chi connectivity index (χ4v) is 2.92. The number of aryl methyl sites for hydroxylation is 1. The Hall–Kier alpha value is -2.15. The quantitative estimate of drug-likeness (QED) is 0.700. The topological polar surface area (TPSA) is 64.4 Å². The molecule has 0 saturated carbocycles. The predicted molar refractivity (Wildman–Crippen MR) is 94.3 cm³/mol. The Kier molecular flexibility index (Phi) is 5.30. The standard InChI is InChI=1S/C17H15ClN2O3S/c1-11-4-5-12(18)7-14(11)19-17(21)10-22-9-13-8-15(23-20-13)16-3-2-6-24-16/h2-8H,9-10H2,1H3,(H,19,21). The van der Waals surface area contributed by atoms with Gasteiger partial charge in [0.1, 0.15) is 12.3 Å². The van der Waals surface area contributed by atoms with Crippen LogP contribution < -0.4 is 5.32 Å². The molecule has 2 aromatic heterocycles. The maximum absolute atomic E-state index is 11.9. The normalized spacial score (nSPS) is 10.8. The molecule has 2 heterocycles. The average molecular weight is 363 g/mol. The average Bonchev–Trinajstić information content (AvgIpc) is 3.22. The minimum atomic E-state index is -0.248. The fourth-order valence-electron chi connectivity index (χ4n) is 2.08. The third-order valence-electron chi connectivity index (χ3n) is 3.28. The van der Waals surface area contributed by atoms with Crippen LogP contribution in [0.5, 0.6) is 0 Å². The zero-order valence-corrected chi connectivity index (χ0v) is 14.5. The van der Waals surface area contributed by atoms with Gasteiger partial charge < -0.3 is 14.6 Å². The van der Waals surface area contributed by atoms with Crippen molar-refractivity contribution in [2.45, 2.75) is 13.5 Å². The maximum atomic E-state index is 11.9. The summed E-state index contributed by atoms with van der Waals surface area (Å²) >= 11 is 7.50. The van der Waals surface area contributed by atoms with E-state index in [-0.39, 0.29) is 19.1 Å². The fraction of sp³-hybridized carbons (Fsp3) is 0.176. The number of benzene rings is 1. The van der Waals surface area contributed by atoms with Gasteiger partial charge in [0.05, 0.1) is 11.5 Å². The molecule has 0 radical (unpaired) electrons. The van der Waals surface area contributed by atoms with Crippen molar-refractivity contribution in [1.82, 2.24) is 5.16 Å². The number of thiophene rings is 1. The Morgan fingerprint density at radius 3 is 3.04 bits per heavy atom. The van der Waals surface area contributed by atoms with Crippen molar-refractivity contribution in [3.8, 4) is 10.6 Å². The first-order valence-electron chi connectivity index (χ1n) is 7.25. The van der Waals surface area contributed by atoms with Crippen molar-refractivity contribution in [3.63, 3.8) is 0 Å². The number of carbonyl (C=O) groups excluding carboxylic acids is 1. The molecule has 0 bridgehead atoms. The van der Waals surface area contributed by atoms with Crippen LogP contribution in [0.25, 0.3) is 10.6 Å². The third kappa shape index (κ3) is 4.23. The molecule has 7 heteroatoms. The van der Waals surface area contributed by atoms with Gasteiger partial charge in [-0.15, -0.1) is 11.3 Å². The van der Waals surface area contributed by atoms with E-state index in [0.29, 0.717) is 22.2 Å². The molecule has 0 saturated heterocycles. The van der Waals surface area contributed by atoms with Crippen LogP contribution in [0.4, 0.5) is 5.69 Å². The molecule has 5 nitrogen and oxygen atoms in total. The molecule has 0 spiro atoms. The van der Waals surface area contributed by atoms with Crippen LogP contribution in [0.1, 0.15) is 11.3 Å². The van der Waals surface area contributed by atoms with Crippen molar-refractivity contribution >= 4 is 34.5 Å². The van der Waals surface area contributed by atoms with E-state index in [1.54, 1.807) is 23.5 Å². The Balaban J connectivity index is 1.49. The van der Waals surface area contributed by atoms with Crippen molar-refractivity contribution in [2.24, 2.45) is 0 Å². The molecule has 0 atom stereocenters. The molecule has 3 rings (SSSR count). The summed E-state index contributed by atoms with van der Waals surface area (Å²) < 4.78 is 10.6. The van der Waals surface area contributed by atoms with Crippen LogP contribution in [0, 0.1) is 6.92 Å². The number of hydrogen-bond donors (Lipinski definition) is 1. The number of amides is 1. The Labute approximate surface area is 148 Å². The summed E-state index contributed by atoms with van der Waals surface area (Å²) in [6.45, 7) is 2.03. The van der Waals surface area contributed by atoms with E-state index in [1.165, 1.54) is 0 Å². The molecule has 1 N–H and O–H groups in total. The zero-order chi connectivity index (χ0) is 16.9. The lowest BCUT2D eigenvalue weighted by Gasteiger charge is -2.08. The molecule has 124 valence electrons.